The molecule has 1 fully saturated rings. The van der Waals surface area contributed by atoms with Crippen molar-refractivity contribution in [2.45, 2.75) is 37.8 Å². The molecule has 1 N–H and O–H groups in total. The third kappa shape index (κ3) is 3.70. The van der Waals surface area contributed by atoms with Crippen molar-refractivity contribution in [1.82, 2.24) is 24.8 Å². The van der Waals surface area contributed by atoms with Crippen LogP contribution in [0.25, 0.3) is 5.82 Å². The zero-order valence-corrected chi connectivity index (χ0v) is 13.8. The molecule has 0 saturated heterocycles. The van der Waals surface area contributed by atoms with Crippen molar-refractivity contribution >= 4 is 5.91 Å². The Morgan fingerprint density at radius 2 is 2.04 bits per heavy atom. The van der Waals surface area contributed by atoms with Crippen LogP contribution < -0.4 is 10.1 Å². The van der Waals surface area contributed by atoms with E-state index in [0.717, 1.165) is 25.7 Å². The Morgan fingerprint density at radius 3 is 2.67 bits per heavy atom. The molecule has 0 aliphatic heterocycles. The lowest BCUT2D eigenvalue weighted by Gasteiger charge is -2.27. The maximum atomic E-state index is 12.5. The SMILES string of the molecule is COc1cc(-n2ccnc2)nc(C(=O)N[C@H]2CC[C@H](OC)CC2)n1. The van der Waals surface area contributed by atoms with Gasteiger partial charge in [0.2, 0.25) is 11.7 Å². The molecule has 0 bridgehead atoms. The molecule has 0 radical (unpaired) electrons. The molecule has 128 valence electrons. The summed E-state index contributed by atoms with van der Waals surface area (Å²) in [6.07, 6.45) is 8.96. The molecule has 1 aliphatic carbocycles. The molecule has 2 aromatic rings. The second-order valence-electron chi connectivity index (χ2n) is 5.74. The average Bonchev–Trinajstić information content (AvgIpc) is 3.16. The fourth-order valence-electron chi connectivity index (χ4n) is 2.84. The highest BCUT2D eigenvalue weighted by Gasteiger charge is 2.24. The zero-order chi connectivity index (χ0) is 16.9. The number of imidazole rings is 1. The Balaban J connectivity index is 1.73. The lowest BCUT2D eigenvalue weighted by Crippen LogP contribution is -2.39. The lowest BCUT2D eigenvalue weighted by atomic mass is 9.93. The summed E-state index contributed by atoms with van der Waals surface area (Å²) >= 11 is 0. The molecule has 0 aromatic carbocycles. The number of carbonyl (C=O) groups is 1. The topological polar surface area (TPSA) is 91.2 Å². The van der Waals surface area contributed by atoms with E-state index in [4.69, 9.17) is 9.47 Å². The molecule has 1 saturated carbocycles. The predicted molar refractivity (Wildman–Crippen MR) is 86.2 cm³/mol. The quantitative estimate of drug-likeness (QED) is 0.889. The van der Waals surface area contributed by atoms with Crippen molar-refractivity contribution in [3.8, 4) is 11.7 Å². The standard InChI is InChI=1S/C16H21N5O3/c1-23-12-5-3-11(4-6-12)18-16(22)15-19-13(9-14(20-15)24-2)21-8-7-17-10-21/h7-12H,3-6H2,1-2H3,(H,18,22)/t11-,12-. The van der Waals surface area contributed by atoms with Crippen molar-refractivity contribution in [3.05, 3.63) is 30.6 Å². The summed E-state index contributed by atoms with van der Waals surface area (Å²) in [5.74, 6) is 0.664. The monoisotopic (exact) mass is 331 g/mol. The summed E-state index contributed by atoms with van der Waals surface area (Å²) in [7, 11) is 3.24. The first-order valence-corrected chi connectivity index (χ1v) is 7.94. The van der Waals surface area contributed by atoms with Gasteiger partial charge in [-0.2, -0.15) is 4.98 Å². The van der Waals surface area contributed by atoms with E-state index in [2.05, 4.69) is 20.3 Å². The van der Waals surface area contributed by atoms with E-state index >= 15 is 0 Å². The van der Waals surface area contributed by atoms with Gasteiger partial charge in [-0.1, -0.05) is 0 Å². The van der Waals surface area contributed by atoms with Crippen LogP contribution in [0, 0.1) is 0 Å². The van der Waals surface area contributed by atoms with Gasteiger partial charge >= 0.3 is 0 Å². The highest BCUT2D eigenvalue weighted by atomic mass is 16.5. The Labute approximate surface area is 140 Å². The summed E-state index contributed by atoms with van der Waals surface area (Å²) in [5.41, 5.74) is 0. The van der Waals surface area contributed by atoms with Crippen LogP contribution in [-0.2, 0) is 4.74 Å². The summed E-state index contributed by atoms with van der Waals surface area (Å²) in [5, 5.41) is 3.00. The van der Waals surface area contributed by atoms with Gasteiger partial charge in [-0.25, -0.2) is 9.97 Å². The number of carbonyl (C=O) groups excluding carboxylic acids is 1. The Hall–Kier alpha value is -2.48. The summed E-state index contributed by atoms with van der Waals surface area (Å²) in [4.78, 5) is 25.0. The van der Waals surface area contributed by atoms with Crippen LogP contribution in [0.3, 0.4) is 0 Å². The van der Waals surface area contributed by atoms with Gasteiger partial charge in [0.1, 0.15) is 12.1 Å². The maximum Gasteiger partial charge on any atom is 0.289 e. The van der Waals surface area contributed by atoms with Crippen molar-refractivity contribution in [1.29, 1.82) is 0 Å². The van der Waals surface area contributed by atoms with Crippen molar-refractivity contribution in [2.24, 2.45) is 0 Å². The van der Waals surface area contributed by atoms with Gasteiger partial charge in [-0.05, 0) is 25.7 Å². The number of methoxy groups -OCH3 is 2. The maximum absolute atomic E-state index is 12.5. The van der Waals surface area contributed by atoms with E-state index in [9.17, 15) is 4.79 Å². The molecule has 0 spiro atoms. The number of amides is 1. The Bertz CT molecular complexity index is 681. The molecular weight excluding hydrogens is 310 g/mol. The van der Waals surface area contributed by atoms with Crippen LogP contribution in [0.5, 0.6) is 5.88 Å². The first-order valence-electron chi connectivity index (χ1n) is 7.94. The first kappa shape index (κ1) is 16.4. The minimum absolute atomic E-state index is 0.0897. The Morgan fingerprint density at radius 1 is 1.25 bits per heavy atom. The third-order valence-corrected chi connectivity index (χ3v) is 4.21. The fraction of sp³-hybridized carbons (Fsp3) is 0.500. The second kappa shape index (κ2) is 7.39. The smallest absolute Gasteiger partial charge is 0.289 e. The molecule has 1 aliphatic rings. The van der Waals surface area contributed by atoms with Crippen LogP contribution in [0.1, 0.15) is 36.3 Å². The van der Waals surface area contributed by atoms with Crippen LogP contribution >= 0.6 is 0 Å². The predicted octanol–water partition coefficient (Wildman–Crippen LogP) is 1.36. The van der Waals surface area contributed by atoms with Crippen LogP contribution in [0.4, 0.5) is 0 Å². The minimum atomic E-state index is -0.295. The van der Waals surface area contributed by atoms with E-state index in [-0.39, 0.29) is 17.8 Å². The fourth-order valence-corrected chi connectivity index (χ4v) is 2.84. The molecule has 0 atom stereocenters. The summed E-state index contributed by atoms with van der Waals surface area (Å²) in [6.45, 7) is 0. The lowest BCUT2D eigenvalue weighted by molar-refractivity contribution is 0.0597. The molecule has 8 heteroatoms. The molecule has 8 nitrogen and oxygen atoms in total. The zero-order valence-electron chi connectivity index (χ0n) is 13.8. The number of nitrogens with zero attached hydrogens (tertiary/aromatic N) is 4. The largest absolute Gasteiger partial charge is 0.481 e. The van der Waals surface area contributed by atoms with Gasteiger partial charge in [-0.15, -0.1) is 0 Å². The van der Waals surface area contributed by atoms with Crippen LogP contribution in [-0.4, -0.2) is 51.8 Å². The van der Waals surface area contributed by atoms with E-state index in [1.54, 1.807) is 36.5 Å². The molecule has 2 aromatic heterocycles. The van der Waals surface area contributed by atoms with E-state index < -0.39 is 0 Å². The van der Waals surface area contributed by atoms with Gasteiger partial charge in [-0.3, -0.25) is 9.36 Å². The van der Waals surface area contributed by atoms with Crippen molar-refractivity contribution in [3.63, 3.8) is 0 Å². The highest BCUT2D eigenvalue weighted by Crippen LogP contribution is 2.21. The van der Waals surface area contributed by atoms with Gasteiger partial charge in [0, 0.05) is 31.6 Å². The molecular formula is C16H21N5O3. The van der Waals surface area contributed by atoms with Gasteiger partial charge in [0.25, 0.3) is 5.91 Å². The molecule has 3 rings (SSSR count). The summed E-state index contributed by atoms with van der Waals surface area (Å²) in [6, 6.07) is 1.78. The molecule has 1 amide bonds. The number of hydrogen-bond acceptors (Lipinski definition) is 6. The summed E-state index contributed by atoms with van der Waals surface area (Å²) < 4.78 is 12.2. The molecule has 2 heterocycles. The van der Waals surface area contributed by atoms with Crippen molar-refractivity contribution < 1.29 is 14.3 Å². The Kier molecular flexibility index (Phi) is 5.05. The van der Waals surface area contributed by atoms with Crippen molar-refractivity contribution in [2.75, 3.05) is 14.2 Å². The highest BCUT2D eigenvalue weighted by molar-refractivity contribution is 5.91. The minimum Gasteiger partial charge on any atom is -0.481 e. The van der Waals surface area contributed by atoms with Gasteiger partial charge in [0.05, 0.1) is 13.2 Å². The van der Waals surface area contributed by atoms with E-state index in [1.807, 2.05) is 0 Å². The van der Waals surface area contributed by atoms with Gasteiger partial charge in [0.15, 0.2) is 0 Å². The molecule has 24 heavy (non-hydrogen) atoms. The van der Waals surface area contributed by atoms with E-state index in [1.165, 1.54) is 7.11 Å². The van der Waals surface area contributed by atoms with Gasteiger partial charge < -0.3 is 14.8 Å². The number of rotatable bonds is 5. The number of ether oxygens (including phenoxy) is 2. The van der Waals surface area contributed by atoms with E-state index in [0.29, 0.717) is 17.8 Å². The molecule has 0 unspecified atom stereocenters. The van der Waals surface area contributed by atoms with Crippen LogP contribution in [0.15, 0.2) is 24.8 Å². The van der Waals surface area contributed by atoms with Crippen LogP contribution in [0.2, 0.25) is 0 Å². The number of hydrogen-bond donors (Lipinski definition) is 1. The first-order chi connectivity index (χ1) is 11.7. The second-order valence-corrected chi connectivity index (χ2v) is 5.74. The third-order valence-electron chi connectivity index (χ3n) is 4.21. The number of aromatic nitrogens is 4. The average molecular weight is 331 g/mol. The normalized spacial score (nSPS) is 20.6. The number of nitrogens with one attached hydrogen (secondary N) is 1.